The van der Waals surface area contributed by atoms with Crippen molar-refractivity contribution in [2.45, 2.75) is 31.7 Å². The van der Waals surface area contributed by atoms with Crippen LogP contribution in [-0.4, -0.2) is 29.8 Å². The molecule has 1 aromatic carbocycles. The maximum Gasteiger partial charge on any atom is 0.329 e. The van der Waals surface area contributed by atoms with Gasteiger partial charge in [-0.2, -0.15) is 0 Å². The molecule has 18 heavy (non-hydrogen) atoms. The fraction of sp³-hybridized carbons (Fsp3) is 0.500. The van der Waals surface area contributed by atoms with Crippen LogP contribution in [-0.2, 0) is 9.53 Å². The van der Waals surface area contributed by atoms with Gasteiger partial charge in [-0.25, -0.2) is 4.79 Å². The van der Waals surface area contributed by atoms with Crippen LogP contribution in [0.3, 0.4) is 0 Å². The van der Waals surface area contributed by atoms with Crippen molar-refractivity contribution in [3.05, 3.63) is 29.8 Å². The Morgan fingerprint density at radius 1 is 1.33 bits per heavy atom. The lowest BCUT2D eigenvalue weighted by Crippen LogP contribution is -2.46. The molecule has 1 aliphatic rings. The zero-order chi connectivity index (χ0) is 13.0. The van der Waals surface area contributed by atoms with Crippen LogP contribution in [0.2, 0.25) is 0 Å². The normalized spacial score (nSPS) is 24.3. The van der Waals surface area contributed by atoms with Crippen LogP contribution in [0, 0.1) is 6.92 Å². The Labute approximate surface area is 107 Å². The average Bonchev–Trinajstić information content (AvgIpc) is 2.59. The van der Waals surface area contributed by atoms with Crippen LogP contribution in [0.15, 0.2) is 24.3 Å². The van der Waals surface area contributed by atoms with E-state index in [-0.39, 0.29) is 0 Å². The van der Waals surface area contributed by atoms with Crippen LogP contribution >= 0.6 is 0 Å². The molecular weight excluding hydrogens is 230 g/mol. The van der Waals surface area contributed by atoms with E-state index in [1.807, 2.05) is 31.2 Å². The van der Waals surface area contributed by atoms with Gasteiger partial charge in [0, 0.05) is 25.3 Å². The van der Waals surface area contributed by atoms with Gasteiger partial charge >= 0.3 is 5.97 Å². The Balaban J connectivity index is 2.25. The highest BCUT2D eigenvalue weighted by molar-refractivity contribution is 5.83. The van der Waals surface area contributed by atoms with E-state index >= 15 is 0 Å². The SMILES string of the molecule is Cc1ccccc1NC1(C(=O)O)CCCOCC1. The monoisotopic (exact) mass is 249 g/mol. The lowest BCUT2D eigenvalue weighted by Gasteiger charge is -2.30. The number of aliphatic carboxylic acids is 1. The van der Waals surface area contributed by atoms with Crippen LogP contribution in [0.5, 0.6) is 0 Å². The highest BCUT2D eigenvalue weighted by atomic mass is 16.5. The van der Waals surface area contributed by atoms with E-state index in [1.165, 1.54) is 0 Å². The fourth-order valence-electron chi connectivity index (χ4n) is 2.31. The number of carboxylic acid groups (broad SMARTS) is 1. The standard InChI is InChI=1S/C14H19NO3/c1-11-5-2-3-6-12(11)15-14(13(16)17)7-4-9-18-10-8-14/h2-3,5-6,15H,4,7-10H2,1H3,(H,16,17). The molecule has 4 heteroatoms. The van der Waals surface area contributed by atoms with Crippen LogP contribution in [0.25, 0.3) is 0 Å². The van der Waals surface area contributed by atoms with Gasteiger partial charge < -0.3 is 15.2 Å². The van der Waals surface area contributed by atoms with Gasteiger partial charge in [0.15, 0.2) is 0 Å². The van der Waals surface area contributed by atoms with Crippen molar-refractivity contribution in [2.75, 3.05) is 18.5 Å². The molecule has 0 aromatic heterocycles. The maximum atomic E-state index is 11.6. The summed E-state index contributed by atoms with van der Waals surface area (Å²) >= 11 is 0. The Morgan fingerprint density at radius 3 is 2.83 bits per heavy atom. The maximum absolute atomic E-state index is 11.6. The molecule has 1 fully saturated rings. The number of hydrogen-bond acceptors (Lipinski definition) is 3. The molecule has 0 spiro atoms. The summed E-state index contributed by atoms with van der Waals surface area (Å²) in [4.78, 5) is 11.6. The zero-order valence-corrected chi connectivity index (χ0v) is 10.6. The van der Waals surface area contributed by atoms with E-state index in [4.69, 9.17) is 4.74 Å². The van der Waals surface area contributed by atoms with Gasteiger partial charge in [0.2, 0.25) is 0 Å². The molecule has 2 N–H and O–H groups in total. The summed E-state index contributed by atoms with van der Waals surface area (Å²) in [6.07, 6.45) is 1.86. The first kappa shape index (κ1) is 12.9. The lowest BCUT2D eigenvalue weighted by molar-refractivity contribution is -0.142. The van der Waals surface area contributed by atoms with Gasteiger partial charge in [-0.1, -0.05) is 18.2 Å². The molecule has 1 atom stereocenters. The van der Waals surface area contributed by atoms with Gasteiger partial charge in [-0.15, -0.1) is 0 Å². The summed E-state index contributed by atoms with van der Waals surface area (Å²) in [7, 11) is 0. The zero-order valence-electron chi connectivity index (χ0n) is 10.6. The van der Waals surface area contributed by atoms with Gasteiger partial charge in [0.1, 0.15) is 5.54 Å². The van der Waals surface area contributed by atoms with Crippen molar-refractivity contribution in [1.29, 1.82) is 0 Å². The first-order valence-corrected chi connectivity index (χ1v) is 6.29. The van der Waals surface area contributed by atoms with Gasteiger partial charge in [0.25, 0.3) is 0 Å². The second-order valence-electron chi connectivity index (χ2n) is 4.79. The third-order valence-corrected chi connectivity index (χ3v) is 3.49. The Hall–Kier alpha value is -1.55. The number of anilines is 1. The van der Waals surface area contributed by atoms with Crippen LogP contribution in [0.4, 0.5) is 5.69 Å². The van der Waals surface area contributed by atoms with E-state index < -0.39 is 11.5 Å². The number of carboxylic acids is 1. The third-order valence-electron chi connectivity index (χ3n) is 3.49. The number of benzene rings is 1. The third kappa shape index (κ3) is 2.64. The number of aryl methyl sites for hydroxylation is 1. The van der Waals surface area contributed by atoms with Gasteiger partial charge in [-0.3, -0.25) is 0 Å². The first-order valence-electron chi connectivity index (χ1n) is 6.29. The minimum absolute atomic E-state index is 0.491. The van der Waals surface area contributed by atoms with Crippen LogP contribution in [0.1, 0.15) is 24.8 Å². The predicted molar refractivity (Wildman–Crippen MR) is 69.8 cm³/mol. The molecule has 1 unspecified atom stereocenters. The summed E-state index contributed by atoms with van der Waals surface area (Å²) in [5.74, 6) is -0.795. The largest absolute Gasteiger partial charge is 0.480 e. The molecule has 1 aliphatic heterocycles. The number of para-hydroxylation sites is 1. The van der Waals surface area contributed by atoms with E-state index in [0.29, 0.717) is 26.1 Å². The van der Waals surface area contributed by atoms with Crippen molar-refractivity contribution < 1.29 is 14.6 Å². The molecule has 98 valence electrons. The lowest BCUT2D eigenvalue weighted by atomic mass is 9.90. The number of ether oxygens (including phenoxy) is 1. The summed E-state index contributed by atoms with van der Waals surface area (Å²) in [6, 6.07) is 7.76. The Bertz CT molecular complexity index is 423. The highest BCUT2D eigenvalue weighted by Gasteiger charge is 2.39. The number of nitrogens with one attached hydrogen (secondary N) is 1. The molecule has 1 aromatic rings. The minimum Gasteiger partial charge on any atom is -0.480 e. The first-order chi connectivity index (χ1) is 8.64. The number of rotatable bonds is 3. The highest BCUT2D eigenvalue weighted by Crippen LogP contribution is 2.28. The van der Waals surface area contributed by atoms with Crippen molar-refractivity contribution in [3.63, 3.8) is 0 Å². The molecule has 4 nitrogen and oxygen atoms in total. The van der Waals surface area contributed by atoms with E-state index in [9.17, 15) is 9.90 Å². The van der Waals surface area contributed by atoms with Crippen LogP contribution < -0.4 is 5.32 Å². The summed E-state index contributed by atoms with van der Waals surface area (Å²) < 4.78 is 5.36. The summed E-state index contributed by atoms with van der Waals surface area (Å²) in [6.45, 7) is 3.11. The molecule has 0 bridgehead atoms. The van der Waals surface area contributed by atoms with Gasteiger partial charge in [0.05, 0.1) is 0 Å². The number of carbonyl (C=O) groups is 1. The van der Waals surface area contributed by atoms with E-state index in [1.54, 1.807) is 0 Å². The molecule has 0 saturated carbocycles. The summed E-state index contributed by atoms with van der Waals surface area (Å²) in [5, 5.41) is 12.8. The molecule has 1 saturated heterocycles. The van der Waals surface area contributed by atoms with E-state index in [2.05, 4.69) is 5.32 Å². The van der Waals surface area contributed by atoms with Crippen molar-refractivity contribution >= 4 is 11.7 Å². The van der Waals surface area contributed by atoms with Gasteiger partial charge in [-0.05, 0) is 31.4 Å². The topological polar surface area (TPSA) is 58.6 Å². The van der Waals surface area contributed by atoms with Crippen molar-refractivity contribution in [2.24, 2.45) is 0 Å². The molecule has 0 aliphatic carbocycles. The Morgan fingerprint density at radius 2 is 2.11 bits per heavy atom. The quantitative estimate of drug-likeness (QED) is 0.863. The fourth-order valence-corrected chi connectivity index (χ4v) is 2.31. The minimum atomic E-state index is -0.900. The van der Waals surface area contributed by atoms with Crippen molar-refractivity contribution in [1.82, 2.24) is 0 Å². The molecular formula is C14H19NO3. The summed E-state index contributed by atoms with van der Waals surface area (Å²) in [5.41, 5.74) is 1.05. The Kier molecular flexibility index (Phi) is 3.87. The average molecular weight is 249 g/mol. The molecule has 0 radical (unpaired) electrons. The molecule has 0 amide bonds. The second kappa shape index (κ2) is 5.40. The molecule has 1 heterocycles. The predicted octanol–water partition coefficient (Wildman–Crippen LogP) is 2.43. The molecule has 2 rings (SSSR count). The van der Waals surface area contributed by atoms with Crippen molar-refractivity contribution in [3.8, 4) is 0 Å². The number of hydrogen-bond donors (Lipinski definition) is 2. The second-order valence-corrected chi connectivity index (χ2v) is 4.79. The van der Waals surface area contributed by atoms with E-state index in [0.717, 1.165) is 17.7 Å². The smallest absolute Gasteiger partial charge is 0.329 e.